The fraction of sp³-hybridized carbons (Fsp3) is 0.351. The molecule has 1 aliphatic carbocycles. The number of aromatic hydroxyl groups is 4. The number of aliphatic hydroxyl groups is 6. The summed E-state index contributed by atoms with van der Waals surface area (Å²) in [4.78, 5) is 22.3. The number of rotatable bonds is 11. The van der Waals surface area contributed by atoms with Crippen molar-refractivity contribution in [2.75, 3.05) is 20.3 Å². The molecule has 0 spiro atoms. The highest BCUT2D eigenvalue weighted by Crippen LogP contribution is 2.43. The van der Waals surface area contributed by atoms with Gasteiger partial charge in [0, 0.05) is 17.7 Å². The minimum Gasteiger partial charge on any atom is -0.507 e. The van der Waals surface area contributed by atoms with E-state index in [1.165, 1.54) is 43.5 Å². The van der Waals surface area contributed by atoms with Gasteiger partial charge in [0.15, 0.2) is 46.2 Å². The van der Waals surface area contributed by atoms with Crippen molar-refractivity contribution in [2.45, 2.75) is 61.4 Å². The number of carbonyl (C=O) groups excluding carboxylic acids is 1. The van der Waals surface area contributed by atoms with E-state index in [1.807, 2.05) is 0 Å². The van der Waals surface area contributed by atoms with Gasteiger partial charge >= 0.3 is 5.97 Å². The van der Waals surface area contributed by atoms with Crippen LogP contribution in [0.25, 0.3) is 28.7 Å². The molecule has 0 aromatic heterocycles. The third-order valence-electron chi connectivity index (χ3n) is 9.07. The van der Waals surface area contributed by atoms with Gasteiger partial charge in [0.25, 0.3) is 0 Å². The number of phenolic OH excluding ortho intramolecular Hbond substituents is 4. The van der Waals surface area contributed by atoms with Gasteiger partial charge in [0.2, 0.25) is 12.9 Å². The fourth-order valence-corrected chi connectivity index (χ4v) is 5.97. The van der Waals surface area contributed by atoms with Crippen molar-refractivity contribution >= 4 is 12.0 Å². The van der Waals surface area contributed by atoms with Crippen LogP contribution in [0.15, 0.2) is 69.9 Å². The molecular formula is C37H39O19+. The Bertz CT molecular complexity index is 2080. The molecular weight excluding hydrogens is 748 g/mol. The molecule has 2 saturated heterocycles. The summed E-state index contributed by atoms with van der Waals surface area (Å²) in [5.41, 5.74) is 0.0148. The average Bonchev–Trinajstić information content (AvgIpc) is 3.17. The van der Waals surface area contributed by atoms with Crippen molar-refractivity contribution in [3.05, 3.63) is 76.5 Å². The molecule has 56 heavy (non-hydrogen) atoms. The Balaban J connectivity index is 1.15. The predicted octanol–water partition coefficient (Wildman–Crippen LogP) is -0.514. The zero-order valence-electron chi connectivity index (χ0n) is 29.2. The number of hydrogen-bond donors (Lipinski definition) is 10. The van der Waals surface area contributed by atoms with Crippen LogP contribution in [0, 0.1) is 0 Å². The summed E-state index contributed by atoms with van der Waals surface area (Å²) in [5.74, 6) is -2.57. The monoisotopic (exact) mass is 787 g/mol. The second-order valence-corrected chi connectivity index (χ2v) is 12.9. The topological polar surface area (TPSA) is 309 Å². The van der Waals surface area contributed by atoms with Crippen LogP contribution in [0.4, 0.5) is 0 Å². The van der Waals surface area contributed by atoms with Crippen molar-refractivity contribution in [2.24, 2.45) is 0 Å². The molecule has 2 fully saturated rings. The Morgan fingerprint density at radius 1 is 0.714 bits per heavy atom. The Hall–Kier alpha value is -5.48. The molecule has 4 aliphatic rings. The minimum atomic E-state index is -1.92. The summed E-state index contributed by atoms with van der Waals surface area (Å²) in [5, 5.41) is 104. The Kier molecular flexibility index (Phi) is 12.0. The molecule has 300 valence electrons. The highest BCUT2D eigenvalue weighted by Gasteiger charge is 2.49. The van der Waals surface area contributed by atoms with E-state index in [0.717, 1.165) is 30.3 Å². The maximum Gasteiger partial charge on any atom is 0.510 e. The minimum absolute atomic E-state index is 0.0141. The lowest BCUT2D eigenvalue weighted by Crippen LogP contribution is -2.62. The lowest BCUT2D eigenvalue weighted by atomic mass is 9.98. The molecule has 0 amide bonds. The molecule has 3 heterocycles. The first-order valence-electron chi connectivity index (χ1n) is 16.9. The van der Waals surface area contributed by atoms with Gasteiger partial charge in [-0.25, -0.2) is 0 Å². The third-order valence-corrected chi connectivity index (χ3v) is 9.07. The number of hydrogen-bond acceptors (Lipinski definition) is 18. The van der Waals surface area contributed by atoms with E-state index in [2.05, 4.69) is 0 Å². The summed E-state index contributed by atoms with van der Waals surface area (Å²) < 4.78 is 39.0. The SMILES string of the molecule is COc1cc(C=CC(=[OH+])OC[C@H]2O[C@@H](OC[C@H]3O[C@@H](Oc4cc5c(O)cc(=O)cc-5oc4-c4ccc(O)c(O)c4)[C@H](O)[C@@H](O)[C@@H]3O)[C@H](O)[C@@H](O)[C@@H]2O)ccc1O. The first-order valence-corrected chi connectivity index (χ1v) is 16.9. The van der Waals surface area contributed by atoms with Crippen molar-refractivity contribution in [3.8, 4) is 57.1 Å². The van der Waals surface area contributed by atoms with Gasteiger partial charge in [-0.3, -0.25) is 4.79 Å². The summed E-state index contributed by atoms with van der Waals surface area (Å²) in [6.45, 7) is -1.22. The second-order valence-electron chi connectivity index (χ2n) is 12.9. The fourth-order valence-electron chi connectivity index (χ4n) is 5.97. The summed E-state index contributed by atoms with van der Waals surface area (Å²) in [6.07, 6.45) is -14.8. The molecule has 19 nitrogen and oxygen atoms in total. The number of benzene rings is 3. The molecule has 2 aromatic rings. The van der Waals surface area contributed by atoms with Gasteiger partial charge in [0.05, 0.1) is 25.4 Å². The molecule has 0 saturated carbocycles. The van der Waals surface area contributed by atoms with Crippen LogP contribution in [0.3, 0.4) is 0 Å². The van der Waals surface area contributed by atoms with Crippen LogP contribution in [-0.2, 0) is 18.9 Å². The summed E-state index contributed by atoms with van der Waals surface area (Å²) in [7, 11) is 1.37. The highest BCUT2D eigenvalue weighted by molar-refractivity contribution is 5.88. The number of methoxy groups -OCH3 is 1. The van der Waals surface area contributed by atoms with E-state index in [4.69, 9.17) is 32.8 Å². The van der Waals surface area contributed by atoms with Gasteiger partial charge in [-0.2, -0.15) is 0 Å². The molecule has 3 aliphatic heterocycles. The van der Waals surface area contributed by atoms with Crippen molar-refractivity contribution in [1.29, 1.82) is 0 Å². The Labute approximate surface area is 315 Å². The van der Waals surface area contributed by atoms with Crippen LogP contribution in [0.5, 0.6) is 34.5 Å². The lowest BCUT2D eigenvalue weighted by Gasteiger charge is -2.42. The van der Waals surface area contributed by atoms with Crippen molar-refractivity contribution < 1.29 is 88.7 Å². The lowest BCUT2D eigenvalue weighted by molar-refractivity contribution is -0.322. The van der Waals surface area contributed by atoms with Crippen LogP contribution >= 0.6 is 0 Å². The van der Waals surface area contributed by atoms with E-state index in [9.17, 15) is 60.7 Å². The van der Waals surface area contributed by atoms with E-state index in [0.29, 0.717) is 5.56 Å². The normalized spacial score (nSPS) is 28.0. The number of phenols is 4. The molecule has 19 heteroatoms. The Morgan fingerprint density at radius 2 is 1.38 bits per heavy atom. The van der Waals surface area contributed by atoms with E-state index in [-0.39, 0.29) is 39.9 Å². The van der Waals surface area contributed by atoms with Crippen LogP contribution < -0.4 is 14.9 Å². The standard InChI is InChI=1S/C37H38O19/c1-50-24-8-15(2-5-20(24)40)3-7-28(43)51-13-26-29(44)31(46)33(48)36(55-26)52-14-27-30(45)32(47)34(49)37(56-27)54-25-12-18-21(41)10-17(38)11-23(18)53-35(25)16-4-6-19(39)22(42)9-16/h2-12,26-27,29-34,36-37,39-42,44-49H,13-14H2,1H3/p+1/t26-,27-,29-,30-,31+,32+,33-,34-,36-,37-/m1/s1. The maximum absolute atomic E-state index is 12.1. The zero-order chi connectivity index (χ0) is 40.4. The molecule has 0 radical (unpaired) electrons. The first kappa shape index (κ1) is 40.2. The molecule has 2 aromatic carbocycles. The third kappa shape index (κ3) is 8.50. The van der Waals surface area contributed by atoms with Gasteiger partial charge < -0.3 is 88.7 Å². The zero-order valence-corrected chi connectivity index (χ0v) is 29.2. The maximum atomic E-state index is 12.1. The number of ether oxygens (including phenoxy) is 6. The smallest absolute Gasteiger partial charge is 0.507 e. The van der Waals surface area contributed by atoms with E-state index >= 15 is 0 Å². The average molecular weight is 788 g/mol. The largest absolute Gasteiger partial charge is 0.510 e. The van der Waals surface area contributed by atoms with E-state index < -0.39 is 103 Å². The molecule has 6 rings (SSSR count). The van der Waals surface area contributed by atoms with Gasteiger partial charge in [0.1, 0.15) is 60.3 Å². The van der Waals surface area contributed by atoms with Crippen LogP contribution in [0.2, 0.25) is 0 Å². The molecule has 0 bridgehead atoms. The summed E-state index contributed by atoms with van der Waals surface area (Å²) in [6, 6.07) is 11.2. The number of aliphatic hydroxyl groups excluding tert-OH is 6. The molecule has 10 atom stereocenters. The Morgan fingerprint density at radius 3 is 2.07 bits per heavy atom. The van der Waals surface area contributed by atoms with E-state index in [1.54, 1.807) is 0 Å². The predicted molar refractivity (Wildman–Crippen MR) is 189 cm³/mol. The quantitative estimate of drug-likeness (QED) is 0.0396. The van der Waals surface area contributed by atoms with Gasteiger partial charge in [-0.15, -0.1) is 0 Å². The number of esters is 1. The molecule has 0 unspecified atom stereocenters. The van der Waals surface area contributed by atoms with Crippen molar-refractivity contribution in [3.63, 3.8) is 0 Å². The van der Waals surface area contributed by atoms with Crippen LogP contribution in [-0.4, -0.2) is 144 Å². The number of fused-ring (bicyclic) bond motifs is 1. The molecule has 11 N–H and O–H groups in total. The highest BCUT2D eigenvalue weighted by atomic mass is 16.7. The summed E-state index contributed by atoms with van der Waals surface area (Å²) >= 11 is 0. The van der Waals surface area contributed by atoms with Crippen LogP contribution in [0.1, 0.15) is 5.56 Å². The van der Waals surface area contributed by atoms with Gasteiger partial charge in [-0.1, -0.05) is 6.07 Å². The first-order chi connectivity index (χ1) is 26.6. The van der Waals surface area contributed by atoms with Gasteiger partial charge in [-0.05, 0) is 48.0 Å². The second kappa shape index (κ2) is 16.7. The van der Waals surface area contributed by atoms with Crippen molar-refractivity contribution in [1.82, 2.24) is 0 Å².